The van der Waals surface area contributed by atoms with Crippen LogP contribution in [0.1, 0.15) is 47.0 Å². The Kier molecular flexibility index (Phi) is 2.61. The van der Waals surface area contributed by atoms with E-state index in [1.165, 1.54) is 19.3 Å². The monoisotopic (exact) mass is 197 g/mol. The Hall–Kier alpha value is -0.0800. The molecule has 2 nitrogen and oxygen atoms in total. The third kappa shape index (κ3) is 1.82. The first-order chi connectivity index (χ1) is 6.49. The van der Waals surface area contributed by atoms with Crippen molar-refractivity contribution in [1.29, 1.82) is 0 Å². The largest absolute Gasteiger partial charge is 0.360 e. The molecule has 2 aliphatic rings. The molecule has 2 fully saturated rings. The lowest BCUT2D eigenvalue weighted by Gasteiger charge is -2.50. The molecule has 4 atom stereocenters. The minimum absolute atomic E-state index is 0.219. The summed E-state index contributed by atoms with van der Waals surface area (Å²) < 4.78 is 5.99. The molecule has 0 aromatic heterocycles. The molecule has 1 saturated carbocycles. The van der Waals surface area contributed by atoms with Crippen LogP contribution in [0.15, 0.2) is 0 Å². The topological polar surface area (TPSA) is 21.3 Å². The van der Waals surface area contributed by atoms with Crippen LogP contribution in [0.4, 0.5) is 0 Å². The van der Waals surface area contributed by atoms with E-state index in [9.17, 15) is 0 Å². The van der Waals surface area contributed by atoms with Crippen molar-refractivity contribution >= 4 is 0 Å². The molecule has 0 spiro atoms. The number of ether oxygens (including phenoxy) is 1. The van der Waals surface area contributed by atoms with Gasteiger partial charge >= 0.3 is 0 Å². The predicted molar refractivity (Wildman–Crippen MR) is 58.1 cm³/mol. The lowest BCUT2D eigenvalue weighted by molar-refractivity contribution is -0.147. The van der Waals surface area contributed by atoms with Crippen LogP contribution in [0.25, 0.3) is 0 Å². The first-order valence-electron chi connectivity index (χ1n) is 5.92. The number of fused-ring (bicyclic) bond motifs is 1. The highest BCUT2D eigenvalue weighted by molar-refractivity contribution is 4.97. The van der Waals surface area contributed by atoms with E-state index in [2.05, 4.69) is 33.0 Å². The van der Waals surface area contributed by atoms with Crippen molar-refractivity contribution in [2.75, 3.05) is 0 Å². The summed E-state index contributed by atoms with van der Waals surface area (Å²) in [5, 5.41) is 3.55. The van der Waals surface area contributed by atoms with Crippen molar-refractivity contribution in [2.24, 2.45) is 11.8 Å². The van der Waals surface area contributed by atoms with Gasteiger partial charge in [-0.1, -0.05) is 13.3 Å². The highest BCUT2D eigenvalue weighted by Gasteiger charge is 2.44. The molecule has 1 heterocycles. The van der Waals surface area contributed by atoms with Crippen LogP contribution in [0, 0.1) is 11.8 Å². The summed E-state index contributed by atoms with van der Waals surface area (Å²) in [5.74, 6) is 1.55. The van der Waals surface area contributed by atoms with Gasteiger partial charge in [0.25, 0.3) is 0 Å². The van der Waals surface area contributed by atoms with E-state index in [1.807, 2.05) is 0 Å². The molecule has 2 rings (SSSR count). The van der Waals surface area contributed by atoms with Crippen molar-refractivity contribution < 1.29 is 4.74 Å². The smallest absolute Gasteiger partial charge is 0.106 e. The van der Waals surface area contributed by atoms with Gasteiger partial charge in [-0.15, -0.1) is 0 Å². The number of hydrogen-bond donors (Lipinski definition) is 1. The molecule has 0 radical (unpaired) electrons. The van der Waals surface area contributed by atoms with Gasteiger partial charge in [-0.25, -0.2) is 0 Å². The lowest BCUT2D eigenvalue weighted by atomic mass is 9.71. The second kappa shape index (κ2) is 3.49. The second-order valence-electron chi connectivity index (χ2n) is 5.71. The predicted octanol–water partition coefficient (Wildman–Crippen LogP) is 2.54. The summed E-state index contributed by atoms with van der Waals surface area (Å²) in [6.45, 7) is 9.11. The van der Waals surface area contributed by atoms with E-state index < -0.39 is 0 Å². The summed E-state index contributed by atoms with van der Waals surface area (Å²) in [4.78, 5) is 0. The average Bonchev–Trinajstić information content (AvgIpc) is 2.00. The SMILES string of the molecule is C[C@@H]1CC[C@@H]2[C@@H](C1)O[C@@H](C)NC2(C)C. The van der Waals surface area contributed by atoms with Crippen molar-refractivity contribution in [2.45, 2.75) is 64.8 Å². The maximum Gasteiger partial charge on any atom is 0.106 e. The summed E-state index contributed by atoms with van der Waals surface area (Å²) in [6.07, 6.45) is 4.64. The van der Waals surface area contributed by atoms with Crippen LogP contribution < -0.4 is 5.32 Å². The van der Waals surface area contributed by atoms with Gasteiger partial charge in [-0.05, 0) is 39.5 Å². The molecule has 0 amide bonds. The third-order valence-corrected chi connectivity index (χ3v) is 3.94. The van der Waals surface area contributed by atoms with Gasteiger partial charge in [0.2, 0.25) is 0 Å². The molecule has 1 aliphatic heterocycles. The van der Waals surface area contributed by atoms with Crippen molar-refractivity contribution in [3.05, 3.63) is 0 Å². The molecule has 1 aliphatic carbocycles. The van der Waals surface area contributed by atoms with Crippen LogP contribution in [-0.4, -0.2) is 17.9 Å². The number of rotatable bonds is 0. The standard InChI is InChI=1S/C12H23NO/c1-8-5-6-10-11(7-8)14-9(2)13-12(10,3)4/h8-11,13H,5-7H2,1-4H3/t8-,9+,10-,11-/m1/s1. The molecule has 1 N–H and O–H groups in total. The van der Waals surface area contributed by atoms with E-state index in [4.69, 9.17) is 4.74 Å². The molecule has 0 unspecified atom stereocenters. The first-order valence-corrected chi connectivity index (χ1v) is 5.92. The highest BCUT2D eigenvalue weighted by Crippen LogP contribution is 2.40. The van der Waals surface area contributed by atoms with Gasteiger partial charge in [0.15, 0.2) is 0 Å². The van der Waals surface area contributed by atoms with E-state index in [0.717, 1.165) is 5.92 Å². The summed E-state index contributed by atoms with van der Waals surface area (Å²) >= 11 is 0. The van der Waals surface area contributed by atoms with E-state index in [0.29, 0.717) is 12.0 Å². The average molecular weight is 197 g/mol. The normalized spacial score (nSPS) is 47.1. The Morgan fingerprint density at radius 3 is 2.64 bits per heavy atom. The molecule has 2 heteroatoms. The highest BCUT2D eigenvalue weighted by atomic mass is 16.5. The Balaban J connectivity index is 2.12. The molecule has 0 aromatic carbocycles. The van der Waals surface area contributed by atoms with E-state index in [-0.39, 0.29) is 11.8 Å². The quantitative estimate of drug-likeness (QED) is 0.644. The van der Waals surface area contributed by atoms with Gasteiger partial charge in [-0.3, -0.25) is 5.32 Å². The minimum atomic E-state index is 0.219. The third-order valence-electron chi connectivity index (χ3n) is 3.94. The second-order valence-corrected chi connectivity index (χ2v) is 5.71. The number of hydrogen-bond acceptors (Lipinski definition) is 2. The summed E-state index contributed by atoms with van der Waals surface area (Å²) in [7, 11) is 0. The van der Waals surface area contributed by atoms with Gasteiger partial charge in [0.1, 0.15) is 6.23 Å². The maximum absolute atomic E-state index is 5.99. The van der Waals surface area contributed by atoms with Gasteiger partial charge < -0.3 is 4.74 Å². The molecule has 0 aromatic rings. The molecular formula is C12H23NO. The van der Waals surface area contributed by atoms with Crippen molar-refractivity contribution in [3.8, 4) is 0 Å². The van der Waals surface area contributed by atoms with Crippen molar-refractivity contribution in [1.82, 2.24) is 5.32 Å². The lowest BCUT2D eigenvalue weighted by Crippen LogP contribution is -2.61. The Morgan fingerprint density at radius 2 is 1.93 bits per heavy atom. The van der Waals surface area contributed by atoms with E-state index >= 15 is 0 Å². The molecule has 1 saturated heterocycles. The fraction of sp³-hybridized carbons (Fsp3) is 1.00. The zero-order chi connectivity index (χ0) is 10.3. The molecule has 82 valence electrons. The zero-order valence-corrected chi connectivity index (χ0v) is 9.84. The van der Waals surface area contributed by atoms with Crippen molar-refractivity contribution in [3.63, 3.8) is 0 Å². The Bertz CT molecular complexity index is 212. The van der Waals surface area contributed by atoms with Gasteiger partial charge in [0, 0.05) is 11.5 Å². The Labute approximate surface area is 87.4 Å². The molecule has 14 heavy (non-hydrogen) atoms. The maximum atomic E-state index is 5.99. The van der Waals surface area contributed by atoms with Gasteiger partial charge in [0.05, 0.1) is 6.10 Å². The molecular weight excluding hydrogens is 174 g/mol. The van der Waals surface area contributed by atoms with Crippen LogP contribution in [-0.2, 0) is 4.74 Å². The fourth-order valence-electron chi connectivity index (χ4n) is 3.23. The Morgan fingerprint density at radius 1 is 1.21 bits per heavy atom. The van der Waals surface area contributed by atoms with Crippen LogP contribution in [0.3, 0.4) is 0 Å². The van der Waals surface area contributed by atoms with Crippen LogP contribution in [0.2, 0.25) is 0 Å². The number of nitrogens with one attached hydrogen (secondary N) is 1. The summed E-state index contributed by atoms with van der Waals surface area (Å²) in [5.41, 5.74) is 0.252. The van der Waals surface area contributed by atoms with Crippen LogP contribution in [0.5, 0.6) is 0 Å². The van der Waals surface area contributed by atoms with Crippen LogP contribution >= 0.6 is 0 Å². The minimum Gasteiger partial charge on any atom is -0.360 e. The van der Waals surface area contributed by atoms with Gasteiger partial charge in [-0.2, -0.15) is 0 Å². The zero-order valence-electron chi connectivity index (χ0n) is 9.84. The fourth-order valence-corrected chi connectivity index (χ4v) is 3.23. The summed E-state index contributed by atoms with van der Waals surface area (Å²) in [6, 6.07) is 0. The molecule has 0 bridgehead atoms. The first kappa shape index (κ1) is 10.4. The van der Waals surface area contributed by atoms with E-state index in [1.54, 1.807) is 0 Å².